The number of unbranched alkanes of at least 4 members (excludes halogenated alkanes) is 6. The van der Waals surface area contributed by atoms with Crippen molar-refractivity contribution in [1.82, 2.24) is 0 Å². The zero-order valence-corrected chi connectivity index (χ0v) is 21.3. The van der Waals surface area contributed by atoms with E-state index in [2.05, 4.69) is 69.0 Å². The molecule has 0 bridgehead atoms. The van der Waals surface area contributed by atoms with Gasteiger partial charge in [0.05, 0.1) is 19.3 Å². The molecule has 0 radical (unpaired) electrons. The Hall–Kier alpha value is -2.10. The predicted octanol–water partition coefficient (Wildman–Crippen LogP) is 8.89. The highest BCUT2D eigenvalue weighted by Crippen LogP contribution is 2.30. The van der Waals surface area contributed by atoms with Gasteiger partial charge in [0.1, 0.15) is 5.75 Å². The number of allylic oxidation sites excluding steroid dienone is 1. The summed E-state index contributed by atoms with van der Waals surface area (Å²) in [7, 11) is 0. The molecule has 3 heteroatoms. The summed E-state index contributed by atoms with van der Waals surface area (Å²) >= 11 is 0. The Balaban J connectivity index is 1.42. The Labute approximate surface area is 207 Å². The van der Waals surface area contributed by atoms with Gasteiger partial charge in [-0.3, -0.25) is 0 Å². The van der Waals surface area contributed by atoms with Crippen LogP contribution >= 0.6 is 0 Å². The van der Waals surface area contributed by atoms with Gasteiger partial charge in [0.15, 0.2) is 6.29 Å². The Bertz CT molecular complexity index is 804. The van der Waals surface area contributed by atoms with Crippen molar-refractivity contribution in [1.29, 1.82) is 0 Å². The van der Waals surface area contributed by atoms with Crippen LogP contribution in [0.5, 0.6) is 5.75 Å². The lowest BCUT2D eigenvalue weighted by molar-refractivity contribution is -0.206. The largest absolute Gasteiger partial charge is 0.491 e. The quantitative estimate of drug-likeness (QED) is 0.194. The molecule has 0 aliphatic carbocycles. The fourth-order valence-corrected chi connectivity index (χ4v) is 4.51. The molecule has 2 aromatic rings. The van der Waals surface area contributed by atoms with Crippen molar-refractivity contribution in [3.8, 4) is 16.9 Å². The SMILES string of the molecule is C=CCCCCCC1COC(c2ccc(-c3ccc(O[C@@H](C)CCCCCC)cc3)cc2)OC1. The van der Waals surface area contributed by atoms with Crippen LogP contribution in [-0.4, -0.2) is 19.3 Å². The van der Waals surface area contributed by atoms with Crippen molar-refractivity contribution in [2.45, 2.75) is 90.4 Å². The molecule has 0 unspecified atom stereocenters. The molecular weight excluding hydrogens is 420 g/mol. The highest BCUT2D eigenvalue weighted by Gasteiger charge is 2.23. The molecule has 3 nitrogen and oxygen atoms in total. The summed E-state index contributed by atoms with van der Waals surface area (Å²) in [6, 6.07) is 17.0. The van der Waals surface area contributed by atoms with Crippen LogP contribution in [0.15, 0.2) is 61.2 Å². The minimum Gasteiger partial charge on any atom is -0.491 e. The number of hydrogen-bond acceptors (Lipinski definition) is 3. The summed E-state index contributed by atoms with van der Waals surface area (Å²) in [6.07, 6.45) is 14.3. The molecule has 1 aliphatic rings. The number of ether oxygens (including phenoxy) is 3. The van der Waals surface area contributed by atoms with Gasteiger partial charge in [-0.05, 0) is 62.3 Å². The maximum atomic E-state index is 6.10. The third kappa shape index (κ3) is 8.92. The molecule has 1 atom stereocenters. The van der Waals surface area contributed by atoms with Crippen LogP contribution in [0.1, 0.15) is 89.9 Å². The van der Waals surface area contributed by atoms with E-state index in [9.17, 15) is 0 Å². The summed E-state index contributed by atoms with van der Waals surface area (Å²) in [5.74, 6) is 1.46. The summed E-state index contributed by atoms with van der Waals surface area (Å²) in [4.78, 5) is 0. The zero-order chi connectivity index (χ0) is 24.0. The Kier molecular flexibility index (Phi) is 11.7. The monoisotopic (exact) mass is 464 g/mol. The van der Waals surface area contributed by atoms with Gasteiger partial charge in [0.2, 0.25) is 0 Å². The summed E-state index contributed by atoms with van der Waals surface area (Å²) in [6.45, 7) is 9.77. The normalized spacial score (nSPS) is 19.0. The molecule has 2 aromatic carbocycles. The van der Waals surface area contributed by atoms with Gasteiger partial charge in [-0.15, -0.1) is 6.58 Å². The maximum absolute atomic E-state index is 6.10. The van der Waals surface area contributed by atoms with Gasteiger partial charge in [0.25, 0.3) is 0 Å². The first-order valence-electron chi connectivity index (χ1n) is 13.4. The van der Waals surface area contributed by atoms with Crippen molar-refractivity contribution in [3.63, 3.8) is 0 Å². The van der Waals surface area contributed by atoms with Crippen LogP contribution in [0, 0.1) is 5.92 Å². The molecule has 1 fully saturated rings. The van der Waals surface area contributed by atoms with E-state index in [4.69, 9.17) is 14.2 Å². The molecule has 1 saturated heterocycles. The van der Waals surface area contributed by atoms with Crippen molar-refractivity contribution >= 4 is 0 Å². The average Bonchev–Trinajstić information content (AvgIpc) is 2.87. The van der Waals surface area contributed by atoms with Gasteiger partial charge in [-0.1, -0.05) is 81.5 Å². The van der Waals surface area contributed by atoms with E-state index < -0.39 is 0 Å². The Morgan fingerprint density at radius 1 is 0.882 bits per heavy atom. The second-order valence-electron chi connectivity index (χ2n) is 9.72. The minimum absolute atomic E-state index is 0.249. The maximum Gasteiger partial charge on any atom is 0.183 e. The van der Waals surface area contributed by atoms with Crippen molar-refractivity contribution in [2.24, 2.45) is 5.92 Å². The molecular formula is C31H44O3. The lowest BCUT2D eigenvalue weighted by atomic mass is 10.0. The number of hydrogen-bond donors (Lipinski definition) is 0. The van der Waals surface area contributed by atoms with E-state index in [0.717, 1.165) is 37.4 Å². The standard InChI is InChI=1S/C31H44O3/c1-4-6-8-10-12-14-26-23-32-31(33-24-26)29-17-15-27(16-18-29)28-19-21-30(22-20-28)34-25(3)13-11-9-7-5-2/h4,15-22,25-26,31H,1,5-14,23-24H2,2-3H3/t25-,26?,31?/m0/s1. The first-order valence-corrected chi connectivity index (χ1v) is 13.4. The van der Waals surface area contributed by atoms with Crippen LogP contribution in [0.4, 0.5) is 0 Å². The van der Waals surface area contributed by atoms with Gasteiger partial charge in [-0.2, -0.15) is 0 Å². The summed E-state index contributed by atoms with van der Waals surface area (Å²) in [5.41, 5.74) is 3.47. The van der Waals surface area contributed by atoms with Gasteiger partial charge in [0, 0.05) is 11.5 Å². The molecule has 3 rings (SSSR count). The van der Waals surface area contributed by atoms with Crippen LogP contribution < -0.4 is 4.74 Å². The summed E-state index contributed by atoms with van der Waals surface area (Å²) < 4.78 is 18.2. The van der Waals surface area contributed by atoms with Crippen molar-refractivity contribution in [2.75, 3.05) is 13.2 Å². The van der Waals surface area contributed by atoms with Crippen LogP contribution in [0.2, 0.25) is 0 Å². The fraction of sp³-hybridized carbons (Fsp3) is 0.548. The average molecular weight is 465 g/mol. The highest BCUT2D eigenvalue weighted by atomic mass is 16.7. The molecule has 0 saturated carbocycles. The van der Waals surface area contributed by atoms with Crippen LogP contribution in [0.3, 0.4) is 0 Å². The van der Waals surface area contributed by atoms with E-state index in [1.165, 1.54) is 62.5 Å². The lowest BCUT2D eigenvalue weighted by Crippen LogP contribution is -2.27. The smallest absolute Gasteiger partial charge is 0.183 e. The molecule has 0 aromatic heterocycles. The summed E-state index contributed by atoms with van der Waals surface area (Å²) in [5, 5.41) is 0. The Morgan fingerprint density at radius 2 is 1.53 bits per heavy atom. The zero-order valence-electron chi connectivity index (χ0n) is 21.3. The first-order chi connectivity index (χ1) is 16.7. The molecule has 1 aliphatic heterocycles. The van der Waals surface area contributed by atoms with Gasteiger partial charge >= 0.3 is 0 Å². The minimum atomic E-state index is -0.249. The molecule has 0 amide bonds. The van der Waals surface area contributed by atoms with E-state index >= 15 is 0 Å². The topological polar surface area (TPSA) is 27.7 Å². The van der Waals surface area contributed by atoms with E-state index in [1.807, 2.05) is 6.08 Å². The second kappa shape index (κ2) is 15.0. The number of rotatable bonds is 15. The van der Waals surface area contributed by atoms with Crippen molar-refractivity contribution < 1.29 is 14.2 Å². The van der Waals surface area contributed by atoms with Crippen LogP contribution in [0.25, 0.3) is 11.1 Å². The number of benzene rings is 2. The second-order valence-corrected chi connectivity index (χ2v) is 9.72. The third-order valence-corrected chi connectivity index (χ3v) is 6.66. The molecule has 0 spiro atoms. The van der Waals surface area contributed by atoms with Crippen molar-refractivity contribution in [3.05, 3.63) is 66.7 Å². The van der Waals surface area contributed by atoms with E-state index in [1.54, 1.807) is 0 Å². The highest BCUT2D eigenvalue weighted by molar-refractivity contribution is 5.64. The molecule has 1 heterocycles. The molecule has 186 valence electrons. The van der Waals surface area contributed by atoms with Crippen LogP contribution in [-0.2, 0) is 9.47 Å². The first kappa shape index (κ1) is 26.5. The van der Waals surface area contributed by atoms with Gasteiger partial charge in [-0.25, -0.2) is 0 Å². The van der Waals surface area contributed by atoms with E-state index in [-0.39, 0.29) is 12.4 Å². The van der Waals surface area contributed by atoms with Gasteiger partial charge < -0.3 is 14.2 Å². The Morgan fingerprint density at radius 3 is 2.18 bits per heavy atom. The molecule has 34 heavy (non-hydrogen) atoms. The predicted molar refractivity (Wildman–Crippen MR) is 142 cm³/mol. The van der Waals surface area contributed by atoms with E-state index in [0.29, 0.717) is 5.92 Å². The fourth-order valence-electron chi connectivity index (χ4n) is 4.51. The molecule has 0 N–H and O–H groups in total. The third-order valence-electron chi connectivity index (χ3n) is 6.66. The lowest BCUT2D eigenvalue weighted by Gasteiger charge is -2.29.